The number of amides is 1. The Balaban J connectivity index is 1.86. The molecule has 1 aliphatic rings. The highest BCUT2D eigenvalue weighted by Crippen LogP contribution is 2.26. The fourth-order valence-electron chi connectivity index (χ4n) is 3.03. The van der Waals surface area contributed by atoms with Crippen molar-refractivity contribution in [1.29, 1.82) is 0 Å². The predicted molar refractivity (Wildman–Crippen MR) is 103 cm³/mol. The van der Waals surface area contributed by atoms with Gasteiger partial charge in [-0.2, -0.15) is 0 Å². The second-order valence-electron chi connectivity index (χ2n) is 6.37. The van der Waals surface area contributed by atoms with Crippen molar-refractivity contribution in [3.8, 4) is 0 Å². The molecule has 0 saturated carbocycles. The summed E-state index contributed by atoms with van der Waals surface area (Å²) in [5.41, 5.74) is 0.846. The zero-order valence-electron chi connectivity index (χ0n) is 14.4. The lowest BCUT2D eigenvalue weighted by atomic mass is 10.1. The van der Waals surface area contributed by atoms with Gasteiger partial charge in [-0.1, -0.05) is 35.3 Å². The molecule has 1 atom stereocenters. The van der Waals surface area contributed by atoms with Crippen LogP contribution in [0.2, 0.25) is 10.0 Å². The summed E-state index contributed by atoms with van der Waals surface area (Å²) in [4.78, 5) is 25.3. The van der Waals surface area contributed by atoms with Gasteiger partial charge in [0.1, 0.15) is 5.02 Å². The second-order valence-corrected chi connectivity index (χ2v) is 7.21. The Hall–Kier alpha value is -2.15. The fraction of sp³-hybridized carbons (Fsp3) is 0.316. The highest BCUT2D eigenvalue weighted by Gasteiger charge is 2.25. The van der Waals surface area contributed by atoms with Gasteiger partial charge in [0.05, 0.1) is 11.0 Å². The van der Waals surface area contributed by atoms with Crippen LogP contribution in [0.4, 0.5) is 5.69 Å². The lowest BCUT2D eigenvalue weighted by molar-refractivity contribution is -0.384. The largest absolute Gasteiger partial charge is 0.376 e. The number of nitro benzene ring substituents is 1. The van der Waals surface area contributed by atoms with Crippen LogP contribution >= 0.6 is 23.2 Å². The standard InChI is InChI=1S/C19H18Cl2N2O4/c20-15-6-3-13(4-7-15)11-22(12-16-2-1-9-27-16)19(24)14-5-8-17(21)18(10-14)23(25)26/h3-8,10,16H,1-2,9,11-12H2/t16-/m1/s1. The summed E-state index contributed by atoms with van der Waals surface area (Å²) in [6, 6.07) is 11.3. The van der Waals surface area contributed by atoms with E-state index in [4.69, 9.17) is 27.9 Å². The Morgan fingerprint density at radius 3 is 2.59 bits per heavy atom. The van der Waals surface area contributed by atoms with E-state index in [0.29, 0.717) is 24.7 Å². The average molecular weight is 409 g/mol. The monoisotopic (exact) mass is 408 g/mol. The number of ether oxygens (including phenoxy) is 1. The van der Waals surface area contributed by atoms with E-state index in [1.165, 1.54) is 18.2 Å². The Morgan fingerprint density at radius 2 is 1.96 bits per heavy atom. The third-order valence-corrected chi connectivity index (χ3v) is 4.98. The van der Waals surface area contributed by atoms with E-state index in [1.54, 1.807) is 17.0 Å². The molecular formula is C19H18Cl2N2O4. The van der Waals surface area contributed by atoms with Crippen LogP contribution in [0.3, 0.4) is 0 Å². The van der Waals surface area contributed by atoms with E-state index in [9.17, 15) is 14.9 Å². The van der Waals surface area contributed by atoms with Gasteiger partial charge in [0.25, 0.3) is 11.6 Å². The first-order chi connectivity index (χ1) is 12.9. The third kappa shape index (κ3) is 4.97. The minimum atomic E-state index is -0.595. The number of carbonyl (C=O) groups excluding carboxylic acids is 1. The third-order valence-electron chi connectivity index (χ3n) is 4.41. The van der Waals surface area contributed by atoms with Crippen LogP contribution in [0.25, 0.3) is 0 Å². The van der Waals surface area contributed by atoms with Gasteiger partial charge in [-0.05, 0) is 42.7 Å². The van der Waals surface area contributed by atoms with E-state index in [-0.39, 0.29) is 28.3 Å². The molecule has 0 unspecified atom stereocenters. The predicted octanol–water partition coefficient (Wildman–Crippen LogP) is 4.72. The van der Waals surface area contributed by atoms with E-state index < -0.39 is 4.92 Å². The van der Waals surface area contributed by atoms with Crippen molar-refractivity contribution in [3.05, 3.63) is 73.8 Å². The zero-order chi connectivity index (χ0) is 19.4. The first-order valence-electron chi connectivity index (χ1n) is 8.53. The lowest BCUT2D eigenvalue weighted by Gasteiger charge is -2.26. The molecule has 1 fully saturated rings. The molecule has 0 aromatic heterocycles. The van der Waals surface area contributed by atoms with Gasteiger partial charge < -0.3 is 9.64 Å². The molecule has 0 N–H and O–H groups in total. The van der Waals surface area contributed by atoms with Crippen molar-refractivity contribution < 1.29 is 14.5 Å². The van der Waals surface area contributed by atoms with Gasteiger partial charge in [0, 0.05) is 36.3 Å². The summed E-state index contributed by atoms with van der Waals surface area (Å²) in [6.45, 7) is 1.45. The van der Waals surface area contributed by atoms with Gasteiger partial charge in [-0.15, -0.1) is 0 Å². The van der Waals surface area contributed by atoms with Crippen molar-refractivity contribution >= 4 is 34.8 Å². The van der Waals surface area contributed by atoms with Gasteiger partial charge in [0.2, 0.25) is 0 Å². The Kier molecular flexibility index (Phi) is 6.31. The molecule has 142 valence electrons. The van der Waals surface area contributed by atoms with Crippen LogP contribution in [-0.4, -0.2) is 35.0 Å². The molecule has 0 spiro atoms. The lowest BCUT2D eigenvalue weighted by Crippen LogP contribution is -2.37. The summed E-state index contributed by atoms with van der Waals surface area (Å²) in [5.74, 6) is -0.305. The number of carbonyl (C=O) groups is 1. The molecular weight excluding hydrogens is 391 g/mol. The molecule has 1 heterocycles. The number of halogens is 2. The van der Waals surface area contributed by atoms with Crippen LogP contribution in [0.1, 0.15) is 28.8 Å². The molecule has 6 nitrogen and oxygen atoms in total. The molecule has 1 saturated heterocycles. The van der Waals surface area contributed by atoms with Crippen LogP contribution in [0, 0.1) is 10.1 Å². The molecule has 0 aliphatic carbocycles. The van der Waals surface area contributed by atoms with Crippen molar-refractivity contribution in [2.75, 3.05) is 13.2 Å². The van der Waals surface area contributed by atoms with Crippen LogP contribution in [-0.2, 0) is 11.3 Å². The smallest absolute Gasteiger partial charge is 0.288 e. The first kappa shape index (κ1) is 19.6. The highest BCUT2D eigenvalue weighted by molar-refractivity contribution is 6.32. The Bertz CT molecular complexity index is 836. The van der Waals surface area contributed by atoms with E-state index >= 15 is 0 Å². The minimum absolute atomic E-state index is 0.0000671. The van der Waals surface area contributed by atoms with Crippen LogP contribution in [0.5, 0.6) is 0 Å². The zero-order valence-corrected chi connectivity index (χ0v) is 15.9. The molecule has 0 bridgehead atoms. The number of hydrogen-bond acceptors (Lipinski definition) is 4. The molecule has 8 heteroatoms. The highest BCUT2D eigenvalue weighted by atomic mass is 35.5. The normalized spacial score (nSPS) is 16.3. The number of nitro groups is 1. The number of nitrogens with zero attached hydrogens (tertiary/aromatic N) is 2. The maximum Gasteiger partial charge on any atom is 0.288 e. The summed E-state index contributed by atoms with van der Waals surface area (Å²) in [5, 5.41) is 11.7. The van der Waals surface area contributed by atoms with E-state index in [1.807, 2.05) is 12.1 Å². The minimum Gasteiger partial charge on any atom is -0.376 e. The number of benzene rings is 2. The summed E-state index contributed by atoms with van der Waals surface area (Å²) in [7, 11) is 0. The molecule has 3 rings (SSSR count). The van der Waals surface area contributed by atoms with Crippen molar-refractivity contribution in [2.24, 2.45) is 0 Å². The SMILES string of the molecule is O=C(c1ccc(Cl)c([N+](=O)[O-])c1)N(Cc1ccc(Cl)cc1)C[C@H]1CCCO1. The molecule has 27 heavy (non-hydrogen) atoms. The first-order valence-corrected chi connectivity index (χ1v) is 9.29. The Morgan fingerprint density at radius 1 is 1.22 bits per heavy atom. The molecule has 1 amide bonds. The number of hydrogen-bond donors (Lipinski definition) is 0. The van der Waals surface area contributed by atoms with Crippen molar-refractivity contribution in [1.82, 2.24) is 4.90 Å². The second kappa shape index (κ2) is 8.69. The fourth-order valence-corrected chi connectivity index (χ4v) is 3.34. The van der Waals surface area contributed by atoms with Crippen molar-refractivity contribution in [3.63, 3.8) is 0 Å². The van der Waals surface area contributed by atoms with Crippen LogP contribution in [0.15, 0.2) is 42.5 Å². The maximum atomic E-state index is 13.1. The average Bonchev–Trinajstić information content (AvgIpc) is 3.15. The van der Waals surface area contributed by atoms with E-state index in [0.717, 1.165) is 18.4 Å². The summed E-state index contributed by atoms with van der Waals surface area (Å²) in [6.07, 6.45) is 1.80. The van der Waals surface area contributed by atoms with Crippen molar-refractivity contribution in [2.45, 2.75) is 25.5 Å². The summed E-state index contributed by atoms with van der Waals surface area (Å²) < 4.78 is 5.66. The van der Waals surface area contributed by atoms with E-state index in [2.05, 4.69) is 0 Å². The molecule has 2 aromatic rings. The molecule has 1 aliphatic heterocycles. The maximum absolute atomic E-state index is 13.1. The molecule has 0 radical (unpaired) electrons. The molecule has 2 aromatic carbocycles. The quantitative estimate of drug-likeness (QED) is 0.511. The topological polar surface area (TPSA) is 72.7 Å². The Labute approximate surface area is 166 Å². The van der Waals surface area contributed by atoms with Gasteiger partial charge >= 0.3 is 0 Å². The van der Waals surface area contributed by atoms with Crippen LogP contribution < -0.4 is 0 Å². The van der Waals surface area contributed by atoms with Gasteiger partial charge in [-0.3, -0.25) is 14.9 Å². The summed E-state index contributed by atoms with van der Waals surface area (Å²) >= 11 is 11.8. The van der Waals surface area contributed by atoms with Gasteiger partial charge in [0.15, 0.2) is 0 Å². The van der Waals surface area contributed by atoms with Gasteiger partial charge in [-0.25, -0.2) is 0 Å². The number of rotatable bonds is 6.